The number of methoxy groups -OCH3 is 2. The lowest BCUT2D eigenvalue weighted by Crippen LogP contribution is -2.45. The summed E-state index contributed by atoms with van der Waals surface area (Å²) in [6, 6.07) is 6.72. The van der Waals surface area contributed by atoms with Crippen LogP contribution in [0.3, 0.4) is 0 Å². The third-order valence-corrected chi connectivity index (χ3v) is 9.32. The molecule has 0 saturated carbocycles. The highest BCUT2D eigenvalue weighted by molar-refractivity contribution is 6.30. The number of hydrogen-bond donors (Lipinski definition) is 1. The fourth-order valence-corrected chi connectivity index (χ4v) is 6.71. The topological polar surface area (TPSA) is 72.8 Å². The van der Waals surface area contributed by atoms with Crippen LogP contribution in [-0.2, 0) is 6.54 Å². The number of aromatic hydroxyl groups is 1. The highest BCUT2D eigenvalue weighted by Crippen LogP contribution is 2.40. The number of quaternary nitrogens is 1. The van der Waals surface area contributed by atoms with Crippen LogP contribution in [0.25, 0.3) is 0 Å². The molecule has 0 aliphatic heterocycles. The van der Waals surface area contributed by atoms with Gasteiger partial charge in [0.15, 0.2) is 5.78 Å². The quantitative estimate of drug-likeness (QED) is 0.0909. The molecule has 0 aromatic heterocycles. The zero-order valence-electron chi connectivity index (χ0n) is 28.3. The van der Waals surface area contributed by atoms with Crippen LogP contribution >= 0.6 is 0 Å². The number of nitrogens with zero attached hydrogens (tertiary/aromatic N) is 1. The van der Waals surface area contributed by atoms with E-state index in [0.717, 1.165) is 29.7 Å². The Morgan fingerprint density at radius 3 is 1.61 bits per heavy atom. The van der Waals surface area contributed by atoms with Gasteiger partial charge in [-0.15, -0.1) is 0 Å². The number of fused-ring (bicyclic) bond motifs is 2. The van der Waals surface area contributed by atoms with Crippen molar-refractivity contribution in [1.29, 1.82) is 0 Å². The van der Waals surface area contributed by atoms with Gasteiger partial charge < -0.3 is 19.1 Å². The smallest absolute Gasteiger partial charge is 0.201 e. The lowest BCUT2D eigenvalue weighted by atomic mass is 9.82. The normalized spacial score (nSPS) is 12.8. The molecule has 2 aromatic carbocycles. The Morgan fingerprint density at radius 1 is 0.614 bits per heavy atom. The largest absolute Gasteiger partial charge is 0.507 e. The lowest BCUT2D eigenvalue weighted by molar-refractivity contribution is -0.923. The monoisotopic (exact) mass is 608 g/mol. The summed E-state index contributed by atoms with van der Waals surface area (Å²) in [5, 5.41) is 10.6. The van der Waals surface area contributed by atoms with Gasteiger partial charge in [0, 0.05) is 22.8 Å². The maximum Gasteiger partial charge on any atom is 0.201 e. The van der Waals surface area contributed by atoms with E-state index in [2.05, 4.69) is 20.9 Å². The standard InChI is InChI=1S/C38H57NO5/c1-6-8-10-12-14-16-18-20-22-39(3,23-21-19-17-15-13-11-9-7-2)28-29-24-31-36(34(25-29)44-5)38(42)35-32(37(31)41)26-30(43-4)27-33(35)40/h24-27H,6-23,28H2,1-5H3/p+1. The van der Waals surface area contributed by atoms with E-state index in [-0.39, 0.29) is 28.2 Å². The first-order chi connectivity index (χ1) is 21.3. The maximum absolute atomic E-state index is 13.8. The van der Waals surface area contributed by atoms with E-state index in [0.29, 0.717) is 17.1 Å². The number of ether oxygens (including phenoxy) is 2. The van der Waals surface area contributed by atoms with Crippen LogP contribution in [0.2, 0.25) is 0 Å². The van der Waals surface area contributed by atoms with E-state index in [1.165, 1.54) is 123 Å². The summed E-state index contributed by atoms with van der Waals surface area (Å²) in [6.07, 6.45) is 20.7. The van der Waals surface area contributed by atoms with Crippen molar-refractivity contribution in [1.82, 2.24) is 0 Å². The van der Waals surface area contributed by atoms with Crippen molar-refractivity contribution >= 4 is 11.6 Å². The zero-order valence-corrected chi connectivity index (χ0v) is 28.3. The van der Waals surface area contributed by atoms with Gasteiger partial charge in [-0.05, 0) is 43.9 Å². The molecule has 0 amide bonds. The van der Waals surface area contributed by atoms with Gasteiger partial charge in [0.25, 0.3) is 0 Å². The Morgan fingerprint density at radius 2 is 1.11 bits per heavy atom. The van der Waals surface area contributed by atoms with Crippen molar-refractivity contribution in [3.05, 3.63) is 52.1 Å². The average molecular weight is 609 g/mol. The number of carbonyl (C=O) groups is 2. The van der Waals surface area contributed by atoms with E-state index in [4.69, 9.17) is 9.47 Å². The maximum atomic E-state index is 13.8. The van der Waals surface area contributed by atoms with E-state index < -0.39 is 5.78 Å². The molecule has 0 bridgehead atoms. The van der Waals surface area contributed by atoms with Crippen LogP contribution in [0.1, 0.15) is 154 Å². The van der Waals surface area contributed by atoms with Crippen molar-refractivity contribution in [3.8, 4) is 17.2 Å². The fraction of sp³-hybridized carbons (Fsp3) is 0.632. The first kappa shape index (κ1) is 35.6. The third-order valence-electron chi connectivity index (χ3n) is 9.32. The van der Waals surface area contributed by atoms with Crippen LogP contribution in [0.15, 0.2) is 24.3 Å². The molecule has 1 aliphatic carbocycles. The molecule has 0 saturated heterocycles. The number of ketones is 2. The highest BCUT2D eigenvalue weighted by atomic mass is 16.5. The summed E-state index contributed by atoms with van der Waals surface area (Å²) in [5.41, 5.74) is 1.76. The minimum atomic E-state index is -0.395. The number of phenols is 1. The Labute approximate surface area is 266 Å². The number of hydrogen-bond acceptors (Lipinski definition) is 5. The molecule has 44 heavy (non-hydrogen) atoms. The van der Waals surface area contributed by atoms with Crippen molar-refractivity contribution in [3.63, 3.8) is 0 Å². The molecule has 0 radical (unpaired) electrons. The number of rotatable bonds is 22. The van der Waals surface area contributed by atoms with Gasteiger partial charge in [-0.1, -0.05) is 90.9 Å². The number of benzene rings is 2. The summed E-state index contributed by atoms with van der Waals surface area (Å²) in [4.78, 5) is 27.3. The highest BCUT2D eigenvalue weighted by Gasteiger charge is 2.36. The van der Waals surface area contributed by atoms with Crippen molar-refractivity contribution in [2.24, 2.45) is 0 Å². The van der Waals surface area contributed by atoms with Gasteiger partial charge in [-0.25, -0.2) is 0 Å². The molecule has 6 nitrogen and oxygen atoms in total. The average Bonchev–Trinajstić information content (AvgIpc) is 3.01. The summed E-state index contributed by atoms with van der Waals surface area (Å²) >= 11 is 0. The van der Waals surface area contributed by atoms with Crippen LogP contribution in [-0.4, -0.2) is 55.5 Å². The van der Waals surface area contributed by atoms with Crippen LogP contribution in [0.5, 0.6) is 17.2 Å². The van der Waals surface area contributed by atoms with Crippen LogP contribution in [0, 0.1) is 0 Å². The summed E-state index contributed by atoms with van der Waals surface area (Å²) < 4.78 is 11.9. The minimum Gasteiger partial charge on any atom is -0.507 e. The second-order valence-electron chi connectivity index (χ2n) is 13.1. The third kappa shape index (κ3) is 9.82. The second-order valence-corrected chi connectivity index (χ2v) is 13.1. The predicted octanol–water partition coefficient (Wildman–Crippen LogP) is 9.41. The lowest BCUT2D eigenvalue weighted by Gasteiger charge is -2.35. The second kappa shape index (κ2) is 18.2. The first-order valence-electron chi connectivity index (χ1n) is 17.3. The molecule has 6 heteroatoms. The van der Waals surface area contributed by atoms with E-state index >= 15 is 0 Å². The Balaban J connectivity index is 1.77. The molecule has 0 atom stereocenters. The SMILES string of the molecule is CCCCCCCCCC[N+](C)(CCCCCCCCCC)Cc1cc(OC)c2c(c1)C(=O)c1cc(OC)cc(O)c1C2=O. The van der Waals surface area contributed by atoms with Crippen LogP contribution < -0.4 is 9.47 Å². The number of carbonyl (C=O) groups excluding carboxylic acids is 2. The van der Waals surface area contributed by atoms with Crippen molar-refractivity contribution in [2.45, 2.75) is 123 Å². The fourth-order valence-electron chi connectivity index (χ4n) is 6.71. The molecule has 1 N–H and O–H groups in total. The van der Waals surface area contributed by atoms with Gasteiger partial charge >= 0.3 is 0 Å². The van der Waals surface area contributed by atoms with Gasteiger partial charge in [-0.2, -0.15) is 0 Å². The van der Waals surface area contributed by atoms with E-state index in [1.807, 2.05) is 12.1 Å². The molecule has 244 valence electrons. The Bertz CT molecular complexity index is 1200. The molecular weight excluding hydrogens is 550 g/mol. The number of unbranched alkanes of at least 4 members (excludes halogenated alkanes) is 14. The summed E-state index contributed by atoms with van der Waals surface area (Å²) in [7, 11) is 5.36. The minimum absolute atomic E-state index is 0.0133. The van der Waals surface area contributed by atoms with Crippen LogP contribution in [0.4, 0.5) is 0 Å². The first-order valence-corrected chi connectivity index (χ1v) is 17.3. The summed E-state index contributed by atoms with van der Waals surface area (Å²) in [6.45, 7) is 7.47. The van der Waals surface area contributed by atoms with Crippen molar-refractivity contribution in [2.75, 3.05) is 34.4 Å². The zero-order chi connectivity index (χ0) is 32.0. The molecule has 2 aromatic rings. The van der Waals surface area contributed by atoms with Gasteiger partial charge in [0.05, 0.1) is 45.5 Å². The molecule has 1 aliphatic rings. The van der Waals surface area contributed by atoms with E-state index in [9.17, 15) is 14.7 Å². The summed E-state index contributed by atoms with van der Waals surface area (Å²) in [5.74, 6) is -0.205. The Hall–Kier alpha value is -2.86. The predicted molar refractivity (Wildman–Crippen MR) is 179 cm³/mol. The molecule has 0 spiro atoms. The molecule has 0 unspecified atom stereocenters. The molecule has 0 heterocycles. The van der Waals surface area contributed by atoms with E-state index in [1.54, 1.807) is 6.07 Å². The molecule has 3 rings (SSSR count). The van der Waals surface area contributed by atoms with Crippen molar-refractivity contribution < 1.29 is 28.7 Å². The van der Waals surface area contributed by atoms with Gasteiger partial charge in [-0.3, -0.25) is 9.59 Å². The van der Waals surface area contributed by atoms with Gasteiger partial charge in [0.1, 0.15) is 23.8 Å². The van der Waals surface area contributed by atoms with Gasteiger partial charge in [0.2, 0.25) is 5.78 Å². The Kier molecular flexibility index (Phi) is 14.7. The molecule has 0 fully saturated rings. The molecular formula is C38H58NO5+. The number of phenolic OH excluding ortho intramolecular Hbond substituents is 1.